The number of halogens is 1. The maximum atomic E-state index is 13.4. The number of nitrogens with two attached hydrogens (primary N) is 1. The SMILES string of the molecule is C[C@@H](C#N)C[C@@H](NC(=O)c1ccccc1F)C(N)=O. The zero-order valence-electron chi connectivity index (χ0n) is 10.4. The predicted molar refractivity (Wildman–Crippen MR) is 66.2 cm³/mol. The monoisotopic (exact) mass is 263 g/mol. The highest BCUT2D eigenvalue weighted by atomic mass is 19.1. The Morgan fingerprint density at radius 2 is 2.11 bits per heavy atom. The summed E-state index contributed by atoms with van der Waals surface area (Å²) in [6.07, 6.45) is 0.0893. The van der Waals surface area contributed by atoms with Crippen LogP contribution in [-0.2, 0) is 4.79 Å². The van der Waals surface area contributed by atoms with Crippen molar-refractivity contribution in [1.82, 2.24) is 5.32 Å². The lowest BCUT2D eigenvalue weighted by atomic mass is 10.0. The van der Waals surface area contributed by atoms with Crippen LogP contribution in [0.4, 0.5) is 4.39 Å². The Labute approximate surface area is 110 Å². The first-order valence-corrected chi connectivity index (χ1v) is 5.70. The maximum Gasteiger partial charge on any atom is 0.254 e. The van der Waals surface area contributed by atoms with Crippen LogP contribution in [0.1, 0.15) is 23.7 Å². The van der Waals surface area contributed by atoms with Crippen LogP contribution in [0.5, 0.6) is 0 Å². The van der Waals surface area contributed by atoms with Crippen molar-refractivity contribution in [1.29, 1.82) is 5.26 Å². The molecule has 5 nitrogen and oxygen atoms in total. The van der Waals surface area contributed by atoms with Crippen LogP contribution in [0, 0.1) is 23.1 Å². The van der Waals surface area contributed by atoms with E-state index < -0.39 is 29.6 Å². The maximum absolute atomic E-state index is 13.4. The number of carbonyl (C=O) groups is 2. The number of primary amides is 1. The van der Waals surface area contributed by atoms with Crippen molar-refractivity contribution in [2.75, 3.05) is 0 Å². The average molecular weight is 263 g/mol. The van der Waals surface area contributed by atoms with Gasteiger partial charge in [-0.25, -0.2) is 4.39 Å². The topological polar surface area (TPSA) is 96.0 Å². The molecule has 0 bridgehead atoms. The van der Waals surface area contributed by atoms with Gasteiger partial charge in [-0.15, -0.1) is 0 Å². The lowest BCUT2D eigenvalue weighted by Crippen LogP contribution is -2.45. The summed E-state index contributed by atoms with van der Waals surface area (Å²) in [4.78, 5) is 23.0. The van der Waals surface area contributed by atoms with Crippen LogP contribution in [0.25, 0.3) is 0 Å². The number of nitrogens with one attached hydrogen (secondary N) is 1. The van der Waals surface area contributed by atoms with E-state index in [1.807, 2.05) is 6.07 Å². The number of amides is 2. The molecule has 1 aromatic carbocycles. The molecule has 1 rings (SSSR count). The molecule has 1 aromatic rings. The summed E-state index contributed by atoms with van der Waals surface area (Å²) in [5.41, 5.74) is 4.98. The van der Waals surface area contributed by atoms with Gasteiger partial charge in [-0.05, 0) is 25.5 Å². The zero-order chi connectivity index (χ0) is 14.4. The van der Waals surface area contributed by atoms with Gasteiger partial charge in [-0.1, -0.05) is 12.1 Å². The van der Waals surface area contributed by atoms with Crippen molar-refractivity contribution < 1.29 is 14.0 Å². The lowest BCUT2D eigenvalue weighted by molar-refractivity contribution is -0.120. The summed E-state index contributed by atoms with van der Waals surface area (Å²) < 4.78 is 13.4. The summed E-state index contributed by atoms with van der Waals surface area (Å²) in [5.74, 6) is -2.62. The van der Waals surface area contributed by atoms with Crippen molar-refractivity contribution in [2.24, 2.45) is 11.7 Å². The highest BCUT2D eigenvalue weighted by Gasteiger charge is 2.22. The van der Waals surface area contributed by atoms with E-state index in [4.69, 9.17) is 11.0 Å². The van der Waals surface area contributed by atoms with Crippen molar-refractivity contribution in [3.05, 3.63) is 35.6 Å². The second-order valence-corrected chi connectivity index (χ2v) is 4.17. The Morgan fingerprint density at radius 3 is 2.63 bits per heavy atom. The minimum Gasteiger partial charge on any atom is -0.368 e. The molecule has 0 spiro atoms. The Kier molecular flexibility index (Phi) is 5.01. The minimum atomic E-state index is -0.998. The van der Waals surface area contributed by atoms with Gasteiger partial charge in [0.15, 0.2) is 0 Å². The third-order valence-corrected chi connectivity index (χ3v) is 2.58. The summed E-state index contributed by atoms with van der Waals surface area (Å²) in [6.45, 7) is 1.60. The Bertz CT molecular complexity index is 525. The van der Waals surface area contributed by atoms with Gasteiger partial charge in [0.25, 0.3) is 5.91 Å². The van der Waals surface area contributed by atoms with Gasteiger partial charge >= 0.3 is 0 Å². The molecule has 19 heavy (non-hydrogen) atoms. The second kappa shape index (κ2) is 6.50. The highest BCUT2D eigenvalue weighted by molar-refractivity contribution is 5.97. The standard InChI is InChI=1S/C13H14FN3O2/c1-8(7-15)6-11(12(16)18)17-13(19)9-4-2-3-5-10(9)14/h2-5,8,11H,6H2,1H3,(H2,16,18)(H,17,19)/t8-,11-/m1/s1. The van der Waals surface area contributed by atoms with Crippen molar-refractivity contribution >= 4 is 11.8 Å². The van der Waals surface area contributed by atoms with E-state index in [0.29, 0.717) is 0 Å². The van der Waals surface area contributed by atoms with Gasteiger partial charge in [-0.2, -0.15) is 5.26 Å². The number of carbonyl (C=O) groups excluding carboxylic acids is 2. The third kappa shape index (κ3) is 4.07. The molecule has 2 amide bonds. The van der Waals surface area contributed by atoms with E-state index in [9.17, 15) is 14.0 Å². The third-order valence-electron chi connectivity index (χ3n) is 2.58. The van der Waals surface area contributed by atoms with Crippen LogP contribution in [-0.4, -0.2) is 17.9 Å². The predicted octanol–water partition coefficient (Wildman–Crippen LogP) is 0.959. The molecular weight excluding hydrogens is 249 g/mol. The Balaban J connectivity index is 2.81. The number of hydrogen-bond donors (Lipinski definition) is 2. The van der Waals surface area contributed by atoms with E-state index >= 15 is 0 Å². The largest absolute Gasteiger partial charge is 0.368 e. The number of rotatable bonds is 5. The molecule has 0 fully saturated rings. The Hall–Kier alpha value is -2.42. The van der Waals surface area contributed by atoms with Crippen LogP contribution >= 0.6 is 0 Å². The number of nitrogens with zero attached hydrogens (tertiary/aromatic N) is 1. The highest BCUT2D eigenvalue weighted by Crippen LogP contribution is 2.09. The molecule has 3 N–H and O–H groups in total. The van der Waals surface area contributed by atoms with Gasteiger partial charge in [0.05, 0.1) is 11.6 Å². The average Bonchev–Trinajstić information content (AvgIpc) is 2.37. The number of hydrogen-bond acceptors (Lipinski definition) is 3. The lowest BCUT2D eigenvalue weighted by Gasteiger charge is -2.16. The first-order valence-electron chi connectivity index (χ1n) is 5.70. The summed E-state index contributed by atoms with van der Waals surface area (Å²) >= 11 is 0. The molecule has 6 heteroatoms. The fourth-order valence-electron chi connectivity index (χ4n) is 1.53. The van der Waals surface area contributed by atoms with E-state index in [1.165, 1.54) is 18.2 Å². The van der Waals surface area contributed by atoms with Crippen LogP contribution in [0.3, 0.4) is 0 Å². The van der Waals surface area contributed by atoms with Crippen LogP contribution in [0.2, 0.25) is 0 Å². The van der Waals surface area contributed by atoms with Crippen molar-refractivity contribution in [2.45, 2.75) is 19.4 Å². The van der Waals surface area contributed by atoms with Gasteiger partial charge in [0.1, 0.15) is 11.9 Å². The molecule has 0 aliphatic rings. The number of nitriles is 1. The molecule has 0 aliphatic heterocycles. The quantitative estimate of drug-likeness (QED) is 0.828. The summed E-state index contributed by atoms with van der Waals surface area (Å²) in [5, 5.41) is 11.0. The van der Waals surface area contributed by atoms with Gasteiger partial charge < -0.3 is 11.1 Å². The van der Waals surface area contributed by atoms with Crippen molar-refractivity contribution in [3.8, 4) is 6.07 Å². The zero-order valence-corrected chi connectivity index (χ0v) is 10.4. The van der Waals surface area contributed by atoms with Gasteiger partial charge in [0.2, 0.25) is 5.91 Å². The van der Waals surface area contributed by atoms with Crippen LogP contribution in [0.15, 0.2) is 24.3 Å². The molecule has 0 radical (unpaired) electrons. The smallest absolute Gasteiger partial charge is 0.254 e. The molecule has 0 aliphatic carbocycles. The van der Waals surface area contributed by atoms with Crippen molar-refractivity contribution in [3.63, 3.8) is 0 Å². The summed E-state index contributed by atoms with van der Waals surface area (Å²) in [6, 6.07) is 6.35. The number of benzene rings is 1. The van der Waals surface area contributed by atoms with Gasteiger partial charge in [-0.3, -0.25) is 9.59 Å². The fourth-order valence-corrected chi connectivity index (χ4v) is 1.53. The van der Waals surface area contributed by atoms with E-state index in [1.54, 1.807) is 6.92 Å². The molecule has 0 saturated carbocycles. The molecule has 0 aromatic heterocycles. The van der Waals surface area contributed by atoms with Gasteiger partial charge in [0, 0.05) is 5.92 Å². The molecule has 0 unspecified atom stereocenters. The molecule has 100 valence electrons. The molecule has 0 saturated heterocycles. The van der Waals surface area contributed by atoms with E-state index in [-0.39, 0.29) is 12.0 Å². The van der Waals surface area contributed by atoms with Crippen LogP contribution < -0.4 is 11.1 Å². The molecule has 0 heterocycles. The Morgan fingerprint density at radius 1 is 1.47 bits per heavy atom. The second-order valence-electron chi connectivity index (χ2n) is 4.17. The first-order chi connectivity index (χ1) is 8.95. The van der Waals surface area contributed by atoms with E-state index in [2.05, 4.69) is 5.32 Å². The minimum absolute atomic E-state index is 0.0893. The first kappa shape index (κ1) is 14.6. The summed E-state index contributed by atoms with van der Waals surface area (Å²) in [7, 11) is 0. The molecule has 2 atom stereocenters. The molecular formula is C13H14FN3O2. The van der Waals surface area contributed by atoms with E-state index in [0.717, 1.165) is 6.07 Å². The normalized spacial score (nSPS) is 13.1. The fraction of sp³-hybridized carbons (Fsp3) is 0.308.